The van der Waals surface area contributed by atoms with E-state index in [2.05, 4.69) is 19.2 Å². The second-order valence-electron chi connectivity index (χ2n) is 3.63. The van der Waals surface area contributed by atoms with Crippen LogP contribution in [0.1, 0.15) is 20.3 Å². The molecular formula is C9H17NO2. The van der Waals surface area contributed by atoms with Gasteiger partial charge in [0, 0.05) is 12.6 Å². The normalized spacial score (nSPS) is 36.1. The predicted molar refractivity (Wildman–Crippen MR) is 46.8 cm³/mol. The fourth-order valence-electron chi connectivity index (χ4n) is 1.61. The Kier molecular flexibility index (Phi) is 3.09. The fraction of sp³-hybridized carbons (Fsp3) is 0.889. The largest absolute Gasteiger partial charge is 0.469 e. The third kappa shape index (κ3) is 1.97. The first-order chi connectivity index (χ1) is 5.65. The second-order valence-corrected chi connectivity index (χ2v) is 3.63. The van der Waals surface area contributed by atoms with Gasteiger partial charge in [0.1, 0.15) is 0 Å². The zero-order chi connectivity index (χ0) is 9.14. The lowest BCUT2D eigenvalue weighted by molar-refractivity contribution is -0.146. The molecule has 0 bridgehead atoms. The van der Waals surface area contributed by atoms with Gasteiger partial charge in [0.05, 0.1) is 13.0 Å². The van der Waals surface area contributed by atoms with Crippen molar-refractivity contribution >= 4 is 5.97 Å². The Hall–Kier alpha value is -0.570. The van der Waals surface area contributed by atoms with Crippen molar-refractivity contribution in [3.8, 4) is 0 Å². The first-order valence-electron chi connectivity index (χ1n) is 4.46. The van der Waals surface area contributed by atoms with Crippen LogP contribution in [-0.2, 0) is 9.53 Å². The zero-order valence-corrected chi connectivity index (χ0v) is 7.96. The van der Waals surface area contributed by atoms with Crippen LogP contribution in [0.2, 0.25) is 0 Å². The number of rotatable bonds is 1. The maximum atomic E-state index is 11.2. The summed E-state index contributed by atoms with van der Waals surface area (Å²) in [6, 6.07) is 0.519. The van der Waals surface area contributed by atoms with Crippen LogP contribution in [0.4, 0.5) is 0 Å². The van der Waals surface area contributed by atoms with Crippen molar-refractivity contribution < 1.29 is 9.53 Å². The highest BCUT2D eigenvalue weighted by molar-refractivity contribution is 5.72. The molecule has 0 aliphatic carbocycles. The topological polar surface area (TPSA) is 38.3 Å². The van der Waals surface area contributed by atoms with E-state index in [-0.39, 0.29) is 11.9 Å². The lowest BCUT2D eigenvalue weighted by Crippen LogP contribution is -2.45. The molecule has 0 spiro atoms. The van der Waals surface area contributed by atoms with E-state index in [9.17, 15) is 4.79 Å². The lowest BCUT2D eigenvalue weighted by atomic mass is 9.87. The van der Waals surface area contributed by atoms with Crippen molar-refractivity contribution in [1.29, 1.82) is 0 Å². The van der Waals surface area contributed by atoms with E-state index in [0.717, 1.165) is 13.0 Å². The van der Waals surface area contributed by atoms with Crippen molar-refractivity contribution in [3.63, 3.8) is 0 Å². The first-order valence-corrected chi connectivity index (χ1v) is 4.46. The van der Waals surface area contributed by atoms with Crippen LogP contribution in [0.5, 0.6) is 0 Å². The molecule has 1 N–H and O–H groups in total. The Morgan fingerprint density at radius 1 is 1.50 bits per heavy atom. The maximum Gasteiger partial charge on any atom is 0.309 e. The highest BCUT2D eigenvalue weighted by atomic mass is 16.5. The van der Waals surface area contributed by atoms with Crippen LogP contribution in [-0.4, -0.2) is 25.7 Å². The van der Waals surface area contributed by atoms with E-state index in [1.807, 2.05) is 0 Å². The van der Waals surface area contributed by atoms with Crippen LogP contribution in [0, 0.1) is 11.8 Å². The summed E-state index contributed by atoms with van der Waals surface area (Å²) < 4.78 is 4.69. The summed E-state index contributed by atoms with van der Waals surface area (Å²) in [5, 5.41) is 3.30. The van der Waals surface area contributed by atoms with Gasteiger partial charge in [-0.2, -0.15) is 0 Å². The van der Waals surface area contributed by atoms with Gasteiger partial charge in [-0.25, -0.2) is 0 Å². The summed E-state index contributed by atoms with van der Waals surface area (Å²) >= 11 is 0. The van der Waals surface area contributed by atoms with E-state index in [0.29, 0.717) is 12.0 Å². The molecule has 0 aromatic heterocycles. The molecule has 0 radical (unpaired) electrons. The molecule has 1 heterocycles. The summed E-state index contributed by atoms with van der Waals surface area (Å²) in [5.41, 5.74) is 0. The fourth-order valence-corrected chi connectivity index (χ4v) is 1.61. The molecule has 3 nitrogen and oxygen atoms in total. The molecule has 1 saturated heterocycles. The van der Waals surface area contributed by atoms with E-state index < -0.39 is 0 Å². The minimum atomic E-state index is -0.0822. The summed E-state index contributed by atoms with van der Waals surface area (Å²) in [7, 11) is 1.45. The van der Waals surface area contributed by atoms with Crippen LogP contribution < -0.4 is 5.32 Å². The predicted octanol–water partition coefficient (Wildman–Crippen LogP) is 0.793. The molecule has 0 aromatic rings. The van der Waals surface area contributed by atoms with E-state index in [4.69, 9.17) is 4.74 Å². The molecule has 3 atom stereocenters. The maximum absolute atomic E-state index is 11.2. The number of carbonyl (C=O) groups is 1. The molecular weight excluding hydrogens is 154 g/mol. The Morgan fingerprint density at radius 2 is 2.17 bits per heavy atom. The monoisotopic (exact) mass is 171 g/mol. The average molecular weight is 171 g/mol. The van der Waals surface area contributed by atoms with Gasteiger partial charge in [0.25, 0.3) is 0 Å². The Bertz CT molecular complexity index is 170. The molecule has 0 aromatic carbocycles. The van der Waals surface area contributed by atoms with Gasteiger partial charge in [-0.05, 0) is 19.3 Å². The minimum Gasteiger partial charge on any atom is -0.469 e. The van der Waals surface area contributed by atoms with Crippen molar-refractivity contribution in [2.24, 2.45) is 11.8 Å². The van der Waals surface area contributed by atoms with Crippen LogP contribution >= 0.6 is 0 Å². The quantitative estimate of drug-likeness (QED) is 0.593. The molecule has 0 saturated carbocycles. The number of methoxy groups -OCH3 is 1. The minimum absolute atomic E-state index is 0.0567. The van der Waals surface area contributed by atoms with Crippen molar-refractivity contribution in [2.75, 3.05) is 13.7 Å². The molecule has 1 rings (SSSR count). The molecule has 1 fully saturated rings. The number of esters is 1. The Labute approximate surface area is 73.5 Å². The zero-order valence-electron chi connectivity index (χ0n) is 7.96. The van der Waals surface area contributed by atoms with Gasteiger partial charge < -0.3 is 10.1 Å². The number of carbonyl (C=O) groups excluding carboxylic acids is 1. The van der Waals surface area contributed by atoms with Gasteiger partial charge in [-0.3, -0.25) is 4.79 Å². The third-order valence-electron chi connectivity index (χ3n) is 2.73. The van der Waals surface area contributed by atoms with E-state index >= 15 is 0 Å². The molecule has 1 aliphatic heterocycles. The van der Waals surface area contributed by atoms with Crippen molar-refractivity contribution in [1.82, 2.24) is 5.32 Å². The summed E-state index contributed by atoms with van der Waals surface area (Å²) in [5.74, 6) is 0.533. The van der Waals surface area contributed by atoms with Crippen LogP contribution in [0.3, 0.4) is 0 Å². The molecule has 3 unspecified atom stereocenters. The Morgan fingerprint density at radius 3 is 2.67 bits per heavy atom. The van der Waals surface area contributed by atoms with Crippen molar-refractivity contribution in [2.45, 2.75) is 26.3 Å². The third-order valence-corrected chi connectivity index (χ3v) is 2.73. The van der Waals surface area contributed by atoms with Gasteiger partial charge in [-0.1, -0.05) is 6.92 Å². The summed E-state index contributed by atoms with van der Waals surface area (Å²) in [6.45, 7) is 5.07. The SMILES string of the molecule is COC(=O)C1CNC(C)C(C)C1. The first kappa shape index (κ1) is 9.52. The lowest BCUT2D eigenvalue weighted by Gasteiger charge is -2.31. The molecule has 12 heavy (non-hydrogen) atoms. The molecule has 70 valence electrons. The van der Waals surface area contributed by atoms with Crippen LogP contribution in [0.15, 0.2) is 0 Å². The number of ether oxygens (including phenoxy) is 1. The smallest absolute Gasteiger partial charge is 0.309 e. The van der Waals surface area contributed by atoms with Crippen LogP contribution in [0.25, 0.3) is 0 Å². The molecule has 0 amide bonds. The van der Waals surface area contributed by atoms with Gasteiger partial charge >= 0.3 is 5.97 Å². The summed E-state index contributed by atoms with van der Waals surface area (Å²) in [6.07, 6.45) is 0.945. The van der Waals surface area contributed by atoms with E-state index in [1.165, 1.54) is 7.11 Å². The van der Waals surface area contributed by atoms with Gasteiger partial charge in [0.2, 0.25) is 0 Å². The standard InChI is InChI=1S/C9H17NO2/c1-6-4-8(9(11)12-3)5-10-7(6)2/h6-8,10H,4-5H2,1-3H3. The number of hydrogen-bond donors (Lipinski definition) is 1. The van der Waals surface area contributed by atoms with E-state index in [1.54, 1.807) is 0 Å². The van der Waals surface area contributed by atoms with Gasteiger partial charge in [0.15, 0.2) is 0 Å². The number of piperidine rings is 1. The molecule has 3 heteroatoms. The highest BCUT2D eigenvalue weighted by Gasteiger charge is 2.29. The second kappa shape index (κ2) is 3.90. The average Bonchev–Trinajstić information content (AvgIpc) is 2.08. The highest BCUT2D eigenvalue weighted by Crippen LogP contribution is 2.21. The van der Waals surface area contributed by atoms with Crippen molar-refractivity contribution in [3.05, 3.63) is 0 Å². The van der Waals surface area contributed by atoms with Gasteiger partial charge in [-0.15, -0.1) is 0 Å². The number of hydrogen-bond acceptors (Lipinski definition) is 3. The molecule has 1 aliphatic rings. The Balaban J connectivity index is 2.45. The summed E-state index contributed by atoms with van der Waals surface area (Å²) in [4.78, 5) is 11.2. The number of nitrogens with one attached hydrogen (secondary N) is 1.